The van der Waals surface area contributed by atoms with E-state index in [4.69, 9.17) is 10.2 Å². The molecule has 1 heterocycles. The van der Waals surface area contributed by atoms with Crippen molar-refractivity contribution in [2.45, 2.75) is 6.92 Å². The van der Waals surface area contributed by atoms with Gasteiger partial charge in [-0.15, -0.1) is 0 Å². The molecule has 0 radical (unpaired) electrons. The minimum atomic E-state index is -0.511. The van der Waals surface area contributed by atoms with Crippen LogP contribution in [0.3, 0.4) is 0 Å². The third-order valence-corrected chi connectivity index (χ3v) is 2.58. The number of carbonyl (C=O) groups excluding carboxylic acids is 2. The van der Waals surface area contributed by atoms with Crippen LogP contribution in [0.25, 0.3) is 11.1 Å². The number of hydrogen-bond donors (Lipinski definition) is 1. The SMILES string of the molecule is COC(=O)c1ccc2c(C(C)=O)coc(N)c1-2. The molecular formula is C12H11NO4. The summed E-state index contributed by atoms with van der Waals surface area (Å²) in [5.74, 6) is -0.571. The van der Waals surface area contributed by atoms with Gasteiger partial charge in [0.15, 0.2) is 11.7 Å². The fourth-order valence-electron chi connectivity index (χ4n) is 1.77. The molecule has 0 atom stereocenters. The van der Waals surface area contributed by atoms with E-state index in [1.54, 1.807) is 12.1 Å². The molecule has 0 bridgehead atoms. The van der Waals surface area contributed by atoms with E-state index in [2.05, 4.69) is 4.74 Å². The van der Waals surface area contributed by atoms with Gasteiger partial charge in [0.25, 0.3) is 0 Å². The van der Waals surface area contributed by atoms with Crippen molar-refractivity contribution in [1.29, 1.82) is 0 Å². The predicted molar refractivity (Wildman–Crippen MR) is 61.1 cm³/mol. The molecule has 0 fully saturated rings. The fraction of sp³-hybridized carbons (Fsp3) is 0.167. The number of methoxy groups -OCH3 is 1. The molecule has 0 saturated carbocycles. The molecule has 0 aromatic rings. The second-order valence-corrected chi connectivity index (χ2v) is 3.60. The number of anilines is 1. The number of ketones is 1. The Morgan fingerprint density at radius 2 is 2.00 bits per heavy atom. The standard InChI is InChI=1S/C12H11NO4/c1-6(14)9-5-17-11(13)10-7(9)3-4-8(10)12(15)16-2/h3-5H,13H2,1-2H3. The number of nitrogens with two attached hydrogens (primary N) is 1. The average molecular weight is 233 g/mol. The minimum Gasteiger partial charge on any atom is -0.465 e. The van der Waals surface area contributed by atoms with Crippen LogP contribution >= 0.6 is 0 Å². The topological polar surface area (TPSA) is 82.5 Å². The van der Waals surface area contributed by atoms with E-state index in [0.29, 0.717) is 22.3 Å². The van der Waals surface area contributed by atoms with Crippen LogP contribution in [0.5, 0.6) is 0 Å². The highest BCUT2D eigenvalue weighted by atomic mass is 16.5. The lowest BCUT2D eigenvalue weighted by atomic mass is 10.0. The molecule has 0 unspecified atom stereocenters. The van der Waals surface area contributed by atoms with Crippen LogP contribution in [0.2, 0.25) is 0 Å². The summed E-state index contributed by atoms with van der Waals surface area (Å²) in [7, 11) is 1.28. The zero-order chi connectivity index (χ0) is 12.6. The van der Waals surface area contributed by atoms with Gasteiger partial charge in [0.05, 0.1) is 23.8 Å². The molecule has 0 aromatic heterocycles. The summed E-state index contributed by atoms with van der Waals surface area (Å²) in [5, 5.41) is 0. The zero-order valence-electron chi connectivity index (χ0n) is 9.44. The van der Waals surface area contributed by atoms with Crippen LogP contribution in [0, 0.1) is 0 Å². The highest BCUT2D eigenvalue weighted by Gasteiger charge is 2.24. The number of hydrogen-bond acceptors (Lipinski definition) is 5. The smallest absolute Gasteiger partial charge is 0.338 e. The van der Waals surface area contributed by atoms with E-state index in [9.17, 15) is 9.59 Å². The summed E-state index contributed by atoms with van der Waals surface area (Å²) in [6.07, 6.45) is 1.29. The second kappa shape index (κ2) is 3.93. The van der Waals surface area contributed by atoms with Crippen molar-refractivity contribution in [3.8, 4) is 11.1 Å². The molecule has 1 aliphatic carbocycles. The average Bonchev–Trinajstić information content (AvgIpc) is 2.73. The maximum absolute atomic E-state index is 11.5. The van der Waals surface area contributed by atoms with E-state index in [0.717, 1.165) is 0 Å². The monoisotopic (exact) mass is 233 g/mol. The molecule has 1 aliphatic heterocycles. The largest absolute Gasteiger partial charge is 0.465 e. The third kappa shape index (κ3) is 1.65. The first kappa shape index (κ1) is 11.2. The number of ether oxygens (including phenoxy) is 1. The Morgan fingerprint density at radius 3 is 2.59 bits per heavy atom. The number of fused-ring (bicyclic) bond motifs is 1. The Labute approximate surface area is 97.5 Å². The van der Waals surface area contributed by atoms with Crippen LogP contribution in [-0.2, 0) is 4.74 Å². The van der Waals surface area contributed by atoms with Gasteiger partial charge in [-0.05, 0) is 13.0 Å². The Morgan fingerprint density at radius 1 is 1.29 bits per heavy atom. The Bertz CT molecular complexity index is 570. The Balaban J connectivity index is 2.70. The first-order chi connectivity index (χ1) is 8.06. The Hall–Kier alpha value is -2.30. The first-order valence-electron chi connectivity index (χ1n) is 4.95. The maximum Gasteiger partial charge on any atom is 0.338 e. The molecule has 0 amide bonds. The zero-order valence-corrected chi connectivity index (χ0v) is 9.44. The lowest BCUT2D eigenvalue weighted by Crippen LogP contribution is -2.05. The Kier molecular flexibility index (Phi) is 2.59. The summed E-state index contributed by atoms with van der Waals surface area (Å²) < 4.78 is 9.71. The van der Waals surface area contributed by atoms with Gasteiger partial charge in [0, 0.05) is 5.56 Å². The predicted octanol–water partition coefficient (Wildman–Crippen LogP) is 1.96. The molecule has 0 aromatic carbocycles. The van der Waals surface area contributed by atoms with Crippen molar-refractivity contribution < 1.29 is 18.7 Å². The van der Waals surface area contributed by atoms with Crippen LogP contribution in [-0.4, -0.2) is 18.9 Å². The molecule has 5 heteroatoms. The van der Waals surface area contributed by atoms with E-state index >= 15 is 0 Å². The highest BCUT2D eigenvalue weighted by Crippen LogP contribution is 2.36. The summed E-state index contributed by atoms with van der Waals surface area (Å²) in [5.41, 5.74) is 7.39. The highest BCUT2D eigenvalue weighted by molar-refractivity contribution is 6.08. The number of nitrogen functional groups attached to an aromatic ring is 1. The summed E-state index contributed by atoms with van der Waals surface area (Å²) in [4.78, 5) is 22.9. The molecule has 0 saturated heterocycles. The van der Waals surface area contributed by atoms with Crippen molar-refractivity contribution in [2.24, 2.45) is 0 Å². The van der Waals surface area contributed by atoms with E-state index in [1.807, 2.05) is 0 Å². The van der Waals surface area contributed by atoms with Crippen molar-refractivity contribution >= 4 is 17.6 Å². The molecule has 2 aliphatic rings. The quantitative estimate of drug-likeness (QED) is 0.633. The lowest BCUT2D eigenvalue weighted by Gasteiger charge is -2.08. The maximum atomic E-state index is 11.5. The summed E-state index contributed by atoms with van der Waals surface area (Å²) in [6, 6.07) is 3.22. The normalized spacial score (nSPS) is 10.5. The fourth-order valence-corrected chi connectivity index (χ4v) is 1.77. The number of rotatable bonds is 2. The molecule has 88 valence electrons. The van der Waals surface area contributed by atoms with Crippen molar-refractivity contribution in [3.63, 3.8) is 0 Å². The van der Waals surface area contributed by atoms with Crippen molar-refractivity contribution in [3.05, 3.63) is 29.5 Å². The van der Waals surface area contributed by atoms with Crippen molar-refractivity contribution in [2.75, 3.05) is 12.8 Å². The van der Waals surface area contributed by atoms with Crippen LogP contribution in [0.1, 0.15) is 27.6 Å². The van der Waals surface area contributed by atoms with Gasteiger partial charge in [0.1, 0.15) is 6.26 Å². The van der Waals surface area contributed by atoms with E-state index in [1.165, 1.54) is 20.3 Å². The van der Waals surface area contributed by atoms with Crippen LogP contribution in [0.15, 0.2) is 22.8 Å². The van der Waals surface area contributed by atoms with Gasteiger partial charge in [-0.3, -0.25) is 4.79 Å². The van der Waals surface area contributed by atoms with Crippen molar-refractivity contribution in [1.82, 2.24) is 0 Å². The van der Waals surface area contributed by atoms with Crippen LogP contribution in [0.4, 0.5) is 5.88 Å². The van der Waals surface area contributed by atoms with Gasteiger partial charge < -0.3 is 14.9 Å². The number of carbonyl (C=O) groups is 2. The first-order valence-corrected chi connectivity index (χ1v) is 4.95. The van der Waals surface area contributed by atoms with Gasteiger partial charge in [-0.2, -0.15) is 0 Å². The van der Waals surface area contributed by atoms with E-state index < -0.39 is 5.97 Å². The van der Waals surface area contributed by atoms with Crippen LogP contribution < -0.4 is 5.73 Å². The third-order valence-electron chi connectivity index (χ3n) is 2.58. The summed E-state index contributed by atoms with van der Waals surface area (Å²) in [6.45, 7) is 1.42. The molecule has 0 spiro atoms. The van der Waals surface area contributed by atoms with E-state index in [-0.39, 0.29) is 11.7 Å². The minimum absolute atomic E-state index is 0.0930. The number of Topliss-reactive ketones (excluding diaryl/α,β-unsaturated/α-hetero) is 1. The molecule has 2 N–H and O–H groups in total. The molecule has 17 heavy (non-hydrogen) atoms. The number of esters is 1. The van der Waals surface area contributed by atoms with Gasteiger partial charge >= 0.3 is 5.97 Å². The van der Waals surface area contributed by atoms with Gasteiger partial charge in [-0.25, -0.2) is 4.79 Å². The molecule has 2 rings (SSSR count). The second-order valence-electron chi connectivity index (χ2n) is 3.60. The van der Waals surface area contributed by atoms with Gasteiger partial charge in [-0.1, -0.05) is 6.07 Å². The summed E-state index contributed by atoms with van der Waals surface area (Å²) >= 11 is 0. The lowest BCUT2D eigenvalue weighted by molar-refractivity contribution is 0.0601. The van der Waals surface area contributed by atoms with Gasteiger partial charge in [0.2, 0.25) is 0 Å². The molecule has 5 nitrogen and oxygen atoms in total. The molecular weight excluding hydrogens is 222 g/mol.